The van der Waals surface area contributed by atoms with Crippen molar-refractivity contribution in [3.63, 3.8) is 0 Å². The Morgan fingerprint density at radius 2 is 0.606 bits per heavy atom. The number of hydrogen-bond acceptors (Lipinski definition) is 10. The summed E-state index contributed by atoms with van der Waals surface area (Å²) in [5.74, 6) is 0.691. The zero-order valence-corrected chi connectivity index (χ0v) is 49.4. The number of carbonyl (C=O) groups is 5. The minimum atomic E-state index is -0.362. The summed E-state index contributed by atoms with van der Waals surface area (Å²) >= 11 is 0. The summed E-state index contributed by atoms with van der Waals surface area (Å²) in [6.45, 7) is 62.2. The van der Waals surface area contributed by atoms with Gasteiger partial charge in [0.2, 0.25) is 0 Å². The smallest absolute Gasteiger partial charge is 0.311 e. The molecule has 0 aliphatic heterocycles. The van der Waals surface area contributed by atoms with Crippen LogP contribution in [0.15, 0.2) is 0 Å². The summed E-state index contributed by atoms with van der Waals surface area (Å²) in [6, 6.07) is 0. The Balaban J connectivity index is -0.0000000807. The highest BCUT2D eigenvalue weighted by molar-refractivity contribution is 5.77. The van der Waals surface area contributed by atoms with E-state index in [4.69, 9.17) is 23.7 Å². The Labute approximate surface area is 446 Å². The number of carbonyl (C=O) groups excluding carboxylic acids is 5. The van der Waals surface area contributed by atoms with Crippen molar-refractivity contribution < 1.29 is 47.7 Å². The van der Waals surface area contributed by atoms with E-state index in [1.165, 1.54) is 0 Å². The van der Waals surface area contributed by atoms with Gasteiger partial charge in [0.15, 0.2) is 0 Å². The van der Waals surface area contributed by atoms with E-state index in [1.54, 1.807) is 0 Å². The Morgan fingerprint density at radius 1 is 0.352 bits per heavy atom. The van der Waals surface area contributed by atoms with Gasteiger partial charge in [-0.3, -0.25) is 24.0 Å². The topological polar surface area (TPSA) is 132 Å². The molecule has 0 fully saturated rings. The van der Waals surface area contributed by atoms with E-state index in [0.717, 1.165) is 32.1 Å². The molecule has 2 atom stereocenters. The van der Waals surface area contributed by atoms with Crippen molar-refractivity contribution in [1.29, 1.82) is 0 Å². The zero-order valence-electron chi connectivity index (χ0n) is 49.4. The summed E-state index contributed by atoms with van der Waals surface area (Å²) in [5, 5.41) is 0. The number of rotatable bonds is 18. The molecule has 0 heterocycles. The molecule has 0 radical (unpaired) electrons. The van der Waals surface area contributed by atoms with Crippen molar-refractivity contribution in [2.45, 2.75) is 308 Å². The highest BCUT2D eigenvalue weighted by Crippen LogP contribution is 2.29. The highest BCUT2D eigenvalue weighted by Gasteiger charge is 2.34. The lowest BCUT2D eigenvalue weighted by molar-refractivity contribution is -0.165. The van der Waals surface area contributed by atoms with E-state index in [9.17, 15) is 24.0 Å². The van der Waals surface area contributed by atoms with Gasteiger partial charge < -0.3 is 23.7 Å². The molecule has 71 heavy (non-hydrogen) atoms. The van der Waals surface area contributed by atoms with E-state index in [1.807, 2.05) is 132 Å². The summed E-state index contributed by atoms with van der Waals surface area (Å²) in [5.41, 5.74) is -1.67. The summed E-state index contributed by atoms with van der Waals surface area (Å²) in [7, 11) is 0. The van der Waals surface area contributed by atoms with Crippen LogP contribution in [0.25, 0.3) is 0 Å². The molecule has 0 N–H and O–H groups in total. The average Bonchev–Trinajstić information content (AvgIpc) is 3.18. The normalized spacial score (nSPS) is 12.5. The van der Waals surface area contributed by atoms with Crippen molar-refractivity contribution in [2.75, 3.05) is 6.61 Å². The van der Waals surface area contributed by atoms with Crippen molar-refractivity contribution in [3.05, 3.63) is 0 Å². The molecule has 0 saturated heterocycles. The Bertz CT molecular complexity index is 1360. The quantitative estimate of drug-likeness (QED) is 0.0965. The van der Waals surface area contributed by atoms with Gasteiger partial charge in [0.05, 0.1) is 39.8 Å². The van der Waals surface area contributed by atoms with Gasteiger partial charge in [-0.2, -0.15) is 0 Å². The van der Waals surface area contributed by atoms with E-state index in [0.29, 0.717) is 24.4 Å². The molecule has 0 saturated carbocycles. The van der Waals surface area contributed by atoms with Gasteiger partial charge in [-0.15, -0.1) is 0 Å². The van der Waals surface area contributed by atoms with Gasteiger partial charge in [-0.1, -0.05) is 155 Å². The van der Waals surface area contributed by atoms with Crippen molar-refractivity contribution in [2.24, 2.45) is 55.7 Å². The first-order chi connectivity index (χ1) is 29.2. The first-order valence-electron chi connectivity index (χ1n) is 25.2. The van der Waals surface area contributed by atoms with Crippen LogP contribution < -0.4 is 0 Å². The number of esters is 5. The third-order valence-corrected chi connectivity index (χ3v) is 12.5. The molecule has 0 aliphatic carbocycles. The second-order valence-corrected chi connectivity index (χ2v) is 24.9. The predicted octanol–water partition coefficient (Wildman–Crippen LogP) is 18.6. The SMILES string of the molecule is C.C.C.C.C.CCC(C)(C)C(=O)OC(C(C)C)C(C)C.CCC(C)(C)C(=O)OC(C)C.CCC(C)(C)C(=O)OC(C)C(C)(C)C.CCC(C)(C)C(=O)OC(C)C(C)C.CCC(C)(C)C(=O)OCC(C)(C)C. The van der Waals surface area contributed by atoms with Gasteiger partial charge >= 0.3 is 29.8 Å². The number of hydrogen-bond donors (Lipinski definition) is 0. The minimum Gasteiger partial charge on any atom is -0.465 e. The molecule has 0 aromatic heterocycles. The molecule has 2 unspecified atom stereocenters. The van der Waals surface area contributed by atoms with Crippen LogP contribution in [0, 0.1) is 55.7 Å². The molecule has 10 heteroatoms. The van der Waals surface area contributed by atoms with E-state index in [-0.39, 0.29) is 129 Å². The molecule has 0 aromatic rings. The van der Waals surface area contributed by atoms with Crippen molar-refractivity contribution in [3.8, 4) is 0 Å². The van der Waals surface area contributed by atoms with Gasteiger partial charge in [0.25, 0.3) is 0 Å². The fourth-order valence-electron chi connectivity index (χ4n) is 3.86. The third-order valence-electron chi connectivity index (χ3n) is 12.5. The maximum Gasteiger partial charge on any atom is 0.311 e. The molecular formula is C61H132O10. The van der Waals surface area contributed by atoms with Crippen LogP contribution in [0.5, 0.6) is 0 Å². The largest absolute Gasteiger partial charge is 0.465 e. The maximum atomic E-state index is 11.9. The molecule has 0 amide bonds. The Kier molecular flexibility index (Phi) is 51.0. The average molecular weight is 1030 g/mol. The lowest BCUT2D eigenvalue weighted by Gasteiger charge is -2.30. The molecular weight excluding hydrogens is 893 g/mol. The molecule has 0 rings (SSSR count). The van der Waals surface area contributed by atoms with Crippen LogP contribution in [0.3, 0.4) is 0 Å². The van der Waals surface area contributed by atoms with E-state index < -0.39 is 0 Å². The predicted molar refractivity (Wildman–Crippen MR) is 311 cm³/mol. The van der Waals surface area contributed by atoms with Crippen LogP contribution in [0.4, 0.5) is 0 Å². The van der Waals surface area contributed by atoms with Gasteiger partial charge in [0.1, 0.15) is 18.3 Å². The summed E-state index contributed by atoms with van der Waals surface area (Å²) in [6.07, 6.45) is 4.07. The lowest BCUT2D eigenvalue weighted by Crippen LogP contribution is -2.35. The second kappa shape index (κ2) is 39.8. The van der Waals surface area contributed by atoms with Crippen LogP contribution in [-0.4, -0.2) is 60.9 Å². The van der Waals surface area contributed by atoms with Crippen LogP contribution in [0.2, 0.25) is 0 Å². The van der Waals surface area contributed by atoms with Crippen LogP contribution >= 0.6 is 0 Å². The van der Waals surface area contributed by atoms with Crippen molar-refractivity contribution >= 4 is 29.8 Å². The summed E-state index contributed by atoms with van der Waals surface area (Å²) in [4.78, 5) is 58.0. The van der Waals surface area contributed by atoms with Crippen molar-refractivity contribution in [1.82, 2.24) is 0 Å². The molecule has 0 spiro atoms. The Morgan fingerprint density at radius 3 is 0.831 bits per heavy atom. The lowest BCUT2D eigenvalue weighted by atomic mass is 9.88. The molecule has 0 aliphatic rings. The minimum absolute atomic E-state index is 0. The van der Waals surface area contributed by atoms with E-state index in [2.05, 4.69) is 83.1 Å². The van der Waals surface area contributed by atoms with Gasteiger partial charge in [-0.25, -0.2) is 0 Å². The third kappa shape index (κ3) is 42.4. The first kappa shape index (κ1) is 91.1. The second-order valence-electron chi connectivity index (χ2n) is 24.9. The Hall–Kier alpha value is -2.65. The highest BCUT2D eigenvalue weighted by atomic mass is 16.6. The fraction of sp³-hybridized carbons (Fsp3) is 0.918. The molecule has 436 valence electrons. The van der Waals surface area contributed by atoms with Crippen LogP contribution in [0.1, 0.15) is 284 Å². The summed E-state index contributed by atoms with van der Waals surface area (Å²) < 4.78 is 26.6. The molecule has 10 nitrogen and oxygen atoms in total. The first-order valence-corrected chi connectivity index (χ1v) is 25.2. The standard InChI is InChI=1S/C13H26O2.C12H24O2.2C11H22O2.C9H18O2.5CH4/c1-8-13(6,7)12(14)15-11(9(2)3)10(4)5;1-8-12(6,7)10(13)14-9(2)11(3,4)5;1-7-11(5,6)9(12)13-8-10(2,3)4;1-7-11(5,6)10(12)13-9(4)8(2)3;1-6-9(4,5)8(10)11-7(2)3;;;;;/h9-11H,8H2,1-7H3;9H,8H2,1-7H3;7-8H2,1-6H3;8-9H,7H2,1-6H3;7H,6H2,1-5H3;5*1H4. The van der Waals surface area contributed by atoms with Gasteiger partial charge in [0, 0.05) is 0 Å². The van der Waals surface area contributed by atoms with E-state index >= 15 is 0 Å². The maximum absolute atomic E-state index is 11.9. The van der Waals surface area contributed by atoms with Crippen LogP contribution in [-0.2, 0) is 47.7 Å². The zero-order chi connectivity index (χ0) is 54.2. The number of ether oxygens (including phenoxy) is 5. The molecule has 0 aromatic carbocycles. The van der Waals surface area contributed by atoms with Gasteiger partial charge in [-0.05, 0) is 158 Å². The fourth-order valence-corrected chi connectivity index (χ4v) is 3.86. The monoisotopic (exact) mass is 1020 g/mol. The molecule has 0 bridgehead atoms.